The number of tetrazole rings is 1. The van der Waals surface area contributed by atoms with Crippen molar-refractivity contribution in [1.29, 1.82) is 0 Å². The first-order valence-corrected chi connectivity index (χ1v) is 15.4. The summed E-state index contributed by atoms with van der Waals surface area (Å²) in [5, 5.41) is 23.0. The van der Waals surface area contributed by atoms with Crippen LogP contribution >= 0.6 is 11.6 Å². The highest BCUT2D eigenvalue weighted by Gasteiger charge is 2.38. The van der Waals surface area contributed by atoms with Gasteiger partial charge in [0.05, 0.1) is 16.3 Å². The first-order chi connectivity index (χ1) is 22.6. The fourth-order valence-corrected chi connectivity index (χ4v) is 6.36. The predicted molar refractivity (Wildman–Crippen MR) is 174 cm³/mol. The molecule has 1 saturated heterocycles. The van der Waals surface area contributed by atoms with Gasteiger partial charge in [-0.2, -0.15) is 4.68 Å². The number of aromatic nitrogens is 4. The number of aromatic carboxylic acids is 1. The second kappa shape index (κ2) is 13.3. The number of nitrogens with one attached hydrogen (secondary N) is 1. The zero-order valence-corrected chi connectivity index (χ0v) is 26.4. The molecule has 0 radical (unpaired) electrons. The Hall–Kier alpha value is -5.14. The summed E-state index contributed by atoms with van der Waals surface area (Å²) in [6, 6.07) is 13.9. The van der Waals surface area contributed by atoms with Crippen molar-refractivity contribution in [3.8, 4) is 5.69 Å². The van der Waals surface area contributed by atoms with Crippen molar-refractivity contribution in [3.05, 3.63) is 100 Å². The maximum atomic E-state index is 15.2. The maximum Gasteiger partial charge on any atom is 0.335 e. The van der Waals surface area contributed by atoms with Crippen LogP contribution in [-0.2, 0) is 16.0 Å². The van der Waals surface area contributed by atoms with Crippen LogP contribution in [-0.4, -0.2) is 92.7 Å². The van der Waals surface area contributed by atoms with Crippen LogP contribution in [0.15, 0.2) is 67.0 Å². The van der Waals surface area contributed by atoms with Crippen LogP contribution in [0.5, 0.6) is 0 Å². The first-order valence-electron chi connectivity index (χ1n) is 15.0. The van der Waals surface area contributed by atoms with Crippen LogP contribution in [0.25, 0.3) is 11.8 Å². The molecule has 3 heterocycles. The molecule has 3 aromatic carbocycles. The zero-order chi connectivity index (χ0) is 33.2. The van der Waals surface area contributed by atoms with Gasteiger partial charge in [0.1, 0.15) is 12.4 Å². The molecule has 0 saturated carbocycles. The largest absolute Gasteiger partial charge is 0.478 e. The summed E-state index contributed by atoms with van der Waals surface area (Å²) in [5.41, 5.74) is 3.44. The standard InChI is InChI=1S/C33H32ClFN8O4/c1-40(2)22-14-16-41(18-22)27-5-3-4-24-23(27)15-17-42(31(24)32(45)37-21-8-6-20(7-9-21)33(46)47)29(44)13-10-25-28(43-19-36-38-39-43)12-11-26(34)30(25)35/h3-13,19,22,31H,14-18H2,1-2H3,(H,37,45)(H,46,47)/t22?,31-/m1/s1. The molecule has 12 nitrogen and oxygen atoms in total. The highest BCUT2D eigenvalue weighted by atomic mass is 35.5. The number of carboxylic acid groups (broad SMARTS) is 1. The van der Waals surface area contributed by atoms with E-state index in [-0.39, 0.29) is 28.4 Å². The van der Waals surface area contributed by atoms with E-state index in [1.807, 2.05) is 12.1 Å². The van der Waals surface area contributed by atoms with Crippen LogP contribution in [0.1, 0.15) is 39.5 Å². The van der Waals surface area contributed by atoms with Crippen molar-refractivity contribution < 1.29 is 23.9 Å². The smallest absolute Gasteiger partial charge is 0.335 e. The number of fused-ring (bicyclic) bond motifs is 1. The van der Waals surface area contributed by atoms with Crippen LogP contribution in [0.3, 0.4) is 0 Å². The van der Waals surface area contributed by atoms with Crippen LogP contribution in [0.2, 0.25) is 5.02 Å². The van der Waals surface area contributed by atoms with Gasteiger partial charge in [0.15, 0.2) is 5.82 Å². The SMILES string of the molecule is CN(C)C1CCN(c2cccc3c2CCN(C(=O)C=Cc2c(-n4cnnn4)ccc(Cl)c2F)[C@H]3C(=O)Nc2ccc(C(=O)O)cc2)C1. The quantitative estimate of drug-likeness (QED) is 0.269. The number of benzene rings is 3. The van der Waals surface area contributed by atoms with Crippen molar-refractivity contribution in [2.45, 2.75) is 24.9 Å². The summed E-state index contributed by atoms with van der Waals surface area (Å²) in [7, 11) is 4.13. The van der Waals surface area contributed by atoms with Gasteiger partial charge in [0.2, 0.25) is 5.91 Å². The van der Waals surface area contributed by atoms with E-state index in [2.05, 4.69) is 50.8 Å². The van der Waals surface area contributed by atoms with E-state index >= 15 is 4.39 Å². The Labute approximate surface area is 275 Å². The van der Waals surface area contributed by atoms with Gasteiger partial charge in [0.25, 0.3) is 5.91 Å². The van der Waals surface area contributed by atoms with E-state index in [1.54, 1.807) is 0 Å². The van der Waals surface area contributed by atoms with E-state index in [0.717, 1.165) is 30.8 Å². The third-order valence-electron chi connectivity index (χ3n) is 8.66. The third kappa shape index (κ3) is 6.44. The summed E-state index contributed by atoms with van der Waals surface area (Å²) < 4.78 is 16.5. The average molecular weight is 659 g/mol. The van der Waals surface area contributed by atoms with E-state index in [0.29, 0.717) is 23.7 Å². The minimum absolute atomic E-state index is 0.00171. The predicted octanol–water partition coefficient (Wildman–Crippen LogP) is 4.07. The molecule has 2 N–H and O–H groups in total. The number of nitrogens with zero attached hydrogens (tertiary/aromatic N) is 7. The van der Waals surface area contributed by atoms with Gasteiger partial charge in [0, 0.05) is 48.7 Å². The number of halogens is 2. The van der Waals surface area contributed by atoms with Gasteiger partial charge in [-0.3, -0.25) is 9.59 Å². The van der Waals surface area contributed by atoms with Gasteiger partial charge in [-0.05, 0) is 97.0 Å². The maximum absolute atomic E-state index is 15.2. The Balaban J connectivity index is 1.35. The minimum Gasteiger partial charge on any atom is -0.478 e. The fraction of sp³-hybridized carbons (Fsp3) is 0.273. The van der Waals surface area contributed by atoms with Crippen molar-refractivity contribution in [2.24, 2.45) is 0 Å². The first kappa shape index (κ1) is 31.8. The molecule has 0 aliphatic carbocycles. The van der Waals surface area contributed by atoms with Crippen molar-refractivity contribution >= 4 is 46.8 Å². The van der Waals surface area contributed by atoms with E-state index in [4.69, 9.17) is 11.6 Å². The monoisotopic (exact) mass is 658 g/mol. The molecule has 0 bridgehead atoms. The number of likely N-dealkylation sites (N-methyl/N-ethyl adjacent to an activating group) is 1. The molecule has 1 fully saturated rings. The normalized spacial score (nSPS) is 17.7. The lowest BCUT2D eigenvalue weighted by atomic mass is 9.90. The molecule has 1 unspecified atom stereocenters. The third-order valence-corrected chi connectivity index (χ3v) is 8.95. The van der Waals surface area contributed by atoms with Gasteiger partial charge >= 0.3 is 5.97 Å². The number of carboxylic acids is 1. The molecule has 4 aromatic rings. The Morgan fingerprint density at radius 1 is 1.06 bits per heavy atom. The second-order valence-electron chi connectivity index (χ2n) is 11.6. The van der Waals surface area contributed by atoms with E-state index in [1.165, 1.54) is 64.5 Å². The number of anilines is 2. The molecular formula is C33H32ClFN8O4. The molecule has 47 heavy (non-hydrogen) atoms. The Kier molecular flexibility index (Phi) is 9.01. The second-order valence-corrected chi connectivity index (χ2v) is 12.0. The van der Waals surface area contributed by atoms with Crippen LogP contribution < -0.4 is 10.2 Å². The molecule has 1 aromatic heterocycles. The lowest BCUT2D eigenvalue weighted by Crippen LogP contribution is -2.45. The number of hydrogen-bond donors (Lipinski definition) is 2. The zero-order valence-electron chi connectivity index (χ0n) is 25.7. The summed E-state index contributed by atoms with van der Waals surface area (Å²) >= 11 is 6.07. The lowest BCUT2D eigenvalue weighted by Gasteiger charge is -2.38. The lowest BCUT2D eigenvalue weighted by molar-refractivity contribution is -0.135. The molecule has 2 aliphatic rings. The van der Waals surface area contributed by atoms with E-state index in [9.17, 15) is 19.5 Å². The van der Waals surface area contributed by atoms with Crippen LogP contribution in [0, 0.1) is 5.82 Å². The van der Waals surface area contributed by atoms with Crippen molar-refractivity contribution in [1.82, 2.24) is 30.0 Å². The Morgan fingerprint density at radius 3 is 2.53 bits per heavy atom. The summed E-state index contributed by atoms with van der Waals surface area (Å²) in [4.78, 5) is 45.3. The van der Waals surface area contributed by atoms with E-state index < -0.39 is 29.6 Å². The molecule has 2 aliphatic heterocycles. The average Bonchev–Trinajstić information content (AvgIpc) is 3.78. The van der Waals surface area contributed by atoms with Gasteiger partial charge in [-0.1, -0.05) is 23.7 Å². The van der Waals surface area contributed by atoms with Crippen molar-refractivity contribution in [3.63, 3.8) is 0 Å². The molecule has 2 amide bonds. The van der Waals surface area contributed by atoms with Gasteiger partial charge in [-0.25, -0.2) is 9.18 Å². The molecule has 6 rings (SSSR count). The highest BCUT2D eigenvalue weighted by molar-refractivity contribution is 6.31. The molecule has 0 spiro atoms. The fourth-order valence-electron chi connectivity index (χ4n) is 6.19. The van der Waals surface area contributed by atoms with Crippen molar-refractivity contribution in [2.75, 3.05) is 43.9 Å². The molecule has 2 atom stereocenters. The molecule has 242 valence electrons. The number of carbonyl (C=O) groups excluding carboxylic acids is 2. The highest BCUT2D eigenvalue weighted by Crippen LogP contribution is 2.38. The number of carbonyl (C=O) groups is 3. The van der Waals surface area contributed by atoms with Gasteiger partial charge < -0.3 is 25.1 Å². The molecular weight excluding hydrogens is 627 g/mol. The number of amides is 2. The topological polar surface area (TPSA) is 137 Å². The molecule has 14 heteroatoms. The number of rotatable bonds is 8. The summed E-state index contributed by atoms with van der Waals surface area (Å²) in [6.45, 7) is 1.94. The minimum atomic E-state index is -1.09. The Morgan fingerprint density at radius 2 is 1.85 bits per heavy atom. The van der Waals surface area contributed by atoms with Gasteiger partial charge in [-0.15, -0.1) is 5.10 Å². The Bertz CT molecular complexity index is 1850. The van der Waals surface area contributed by atoms with Crippen LogP contribution in [0.4, 0.5) is 15.8 Å². The number of hydrogen-bond acceptors (Lipinski definition) is 8. The summed E-state index contributed by atoms with van der Waals surface area (Å²) in [5.74, 6) is -2.82. The summed E-state index contributed by atoms with van der Waals surface area (Å²) in [6.07, 6.45) is 5.33.